The summed E-state index contributed by atoms with van der Waals surface area (Å²) in [6.07, 6.45) is 4.00. The monoisotopic (exact) mass is 304 g/mol. The third-order valence-electron chi connectivity index (χ3n) is 2.84. The van der Waals surface area contributed by atoms with Crippen molar-refractivity contribution in [2.24, 2.45) is 0 Å². The average molecular weight is 304 g/mol. The zero-order valence-corrected chi connectivity index (χ0v) is 11.9. The first-order valence-corrected chi connectivity index (χ1v) is 7.58. The van der Waals surface area contributed by atoms with E-state index in [4.69, 9.17) is 0 Å². The van der Waals surface area contributed by atoms with Gasteiger partial charge >= 0.3 is 0 Å². The van der Waals surface area contributed by atoms with Crippen molar-refractivity contribution in [1.29, 1.82) is 0 Å². The number of hydrogen-bond donors (Lipinski definition) is 1. The standard InChI is InChI=1S/C13H12N4O3S/c1-10-2-4-11(5-3-10)17-9-12(8-14-17)21(18,19)16-13-6-7-20-15-13/h2-9H,1H3,(H,15,16). The lowest BCUT2D eigenvalue weighted by molar-refractivity contribution is 0.423. The molecule has 3 aromatic rings. The van der Waals surface area contributed by atoms with Crippen molar-refractivity contribution >= 4 is 15.8 Å². The minimum absolute atomic E-state index is 0.0473. The lowest BCUT2D eigenvalue weighted by Gasteiger charge is -2.02. The van der Waals surface area contributed by atoms with Crippen LogP contribution >= 0.6 is 0 Å². The van der Waals surface area contributed by atoms with E-state index in [1.807, 2.05) is 31.2 Å². The first-order chi connectivity index (χ1) is 10.0. The number of benzene rings is 1. The van der Waals surface area contributed by atoms with E-state index in [0.717, 1.165) is 11.3 Å². The molecule has 0 fully saturated rings. The Morgan fingerprint density at radius 3 is 2.62 bits per heavy atom. The molecule has 0 atom stereocenters. The molecule has 0 radical (unpaired) electrons. The van der Waals surface area contributed by atoms with Gasteiger partial charge in [0.25, 0.3) is 10.0 Å². The van der Waals surface area contributed by atoms with Gasteiger partial charge in [-0.05, 0) is 19.1 Å². The summed E-state index contributed by atoms with van der Waals surface area (Å²) in [7, 11) is -3.73. The Labute approximate surface area is 121 Å². The predicted octanol–water partition coefficient (Wildman–Crippen LogP) is 1.97. The van der Waals surface area contributed by atoms with Gasteiger partial charge in [-0.3, -0.25) is 4.72 Å². The molecule has 21 heavy (non-hydrogen) atoms. The highest BCUT2D eigenvalue weighted by Crippen LogP contribution is 2.16. The molecule has 0 amide bonds. The number of sulfonamides is 1. The summed E-state index contributed by atoms with van der Waals surface area (Å²) in [6.45, 7) is 1.98. The first kappa shape index (κ1) is 13.4. The van der Waals surface area contributed by atoms with Crippen LogP contribution in [0.4, 0.5) is 5.82 Å². The number of nitrogens with one attached hydrogen (secondary N) is 1. The van der Waals surface area contributed by atoms with Crippen LogP contribution < -0.4 is 4.72 Å². The molecule has 0 aliphatic heterocycles. The molecule has 8 heteroatoms. The highest BCUT2D eigenvalue weighted by Gasteiger charge is 2.18. The number of rotatable bonds is 4. The lowest BCUT2D eigenvalue weighted by Crippen LogP contribution is -2.12. The Hall–Kier alpha value is -2.61. The minimum atomic E-state index is -3.73. The maximum absolute atomic E-state index is 12.2. The predicted molar refractivity (Wildman–Crippen MR) is 75.6 cm³/mol. The van der Waals surface area contributed by atoms with Crippen molar-refractivity contribution in [3.63, 3.8) is 0 Å². The molecule has 0 spiro atoms. The summed E-state index contributed by atoms with van der Waals surface area (Å²) < 4.78 is 32.7. The molecular weight excluding hydrogens is 292 g/mol. The van der Waals surface area contributed by atoms with Crippen LogP contribution in [0.3, 0.4) is 0 Å². The van der Waals surface area contributed by atoms with E-state index >= 15 is 0 Å². The molecule has 3 rings (SSSR count). The van der Waals surface area contributed by atoms with Crippen LogP contribution in [0.15, 0.2) is 58.4 Å². The van der Waals surface area contributed by atoms with E-state index in [1.165, 1.54) is 29.4 Å². The first-order valence-electron chi connectivity index (χ1n) is 6.09. The van der Waals surface area contributed by atoms with Gasteiger partial charge in [0.1, 0.15) is 11.2 Å². The maximum atomic E-state index is 12.2. The van der Waals surface area contributed by atoms with Crippen molar-refractivity contribution in [3.05, 3.63) is 54.6 Å². The third-order valence-corrected chi connectivity index (χ3v) is 4.15. The fourth-order valence-electron chi connectivity index (χ4n) is 1.75. The summed E-state index contributed by atoms with van der Waals surface area (Å²) in [4.78, 5) is 0.0473. The molecule has 1 N–H and O–H groups in total. The minimum Gasteiger partial charge on any atom is -0.363 e. The Bertz CT molecular complexity index is 836. The maximum Gasteiger partial charge on any atom is 0.266 e. The normalized spacial score (nSPS) is 11.5. The van der Waals surface area contributed by atoms with Crippen LogP contribution in [-0.2, 0) is 10.0 Å². The molecule has 108 valence electrons. The summed E-state index contributed by atoms with van der Waals surface area (Å²) in [6, 6.07) is 9.01. The molecule has 0 saturated heterocycles. The summed E-state index contributed by atoms with van der Waals surface area (Å²) in [5, 5.41) is 7.57. The van der Waals surface area contributed by atoms with Crippen molar-refractivity contribution in [2.75, 3.05) is 4.72 Å². The van der Waals surface area contributed by atoms with Crippen molar-refractivity contribution < 1.29 is 12.9 Å². The molecule has 0 saturated carbocycles. The van der Waals surface area contributed by atoms with E-state index < -0.39 is 10.0 Å². The molecule has 0 aliphatic carbocycles. The second-order valence-electron chi connectivity index (χ2n) is 4.45. The van der Waals surface area contributed by atoms with Crippen LogP contribution in [0.25, 0.3) is 5.69 Å². The van der Waals surface area contributed by atoms with Crippen LogP contribution in [0, 0.1) is 6.92 Å². The summed E-state index contributed by atoms with van der Waals surface area (Å²) in [5.41, 5.74) is 1.90. The van der Waals surface area contributed by atoms with Gasteiger partial charge in [0.15, 0.2) is 5.82 Å². The number of aromatic nitrogens is 3. The fraction of sp³-hybridized carbons (Fsp3) is 0.0769. The van der Waals surface area contributed by atoms with Crippen molar-refractivity contribution in [1.82, 2.24) is 14.9 Å². The Morgan fingerprint density at radius 2 is 1.95 bits per heavy atom. The summed E-state index contributed by atoms with van der Waals surface area (Å²) >= 11 is 0. The van der Waals surface area contributed by atoms with Gasteiger partial charge in [0.2, 0.25) is 0 Å². The van der Waals surface area contributed by atoms with Crippen molar-refractivity contribution in [2.45, 2.75) is 11.8 Å². The highest BCUT2D eigenvalue weighted by molar-refractivity contribution is 7.92. The molecule has 0 bridgehead atoms. The van der Waals surface area contributed by atoms with Gasteiger partial charge < -0.3 is 4.52 Å². The second kappa shape index (κ2) is 5.06. The molecule has 2 aromatic heterocycles. The number of anilines is 1. The van der Waals surface area contributed by atoms with Gasteiger partial charge in [-0.1, -0.05) is 22.9 Å². The third kappa shape index (κ3) is 2.79. The van der Waals surface area contributed by atoms with Gasteiger partial charge in [-0.2, -0.15) is 5.10 Å². The van der Waals surface area contributed by atoms with Crippen LogP contribution in [0.5, 0.6) is 0 Å². The average Bonchev–Trinajstić information content (AvgIpc) is 3.10. The van der Waals surface area contributed by atoms with Gasteiger partial charge in [0, 0.05) is 6.07 Å². The molecular formula is C13H12N4O3S. The number of aryl methyl sites for hydroxylation is 1. The number of hydrogen-bond acceptors (Lipinski definition) is 5. The van der Waals surface area contributed by atoms with Gasteiger partial charge in [0.05, 0.1) is 18.1 Å². The van der Waals surface area contributed by atoms with Gasteiger partial charge in [-0.25, -0.2) is 13.1 Å². The smallest absolute Gasteiger partial charge is 0.266 e. The van der Waals surface area contributed by atoms with Gasteiger partial charge in [-0.15, -0.1) is 0 Å². The Morgan fingerprint density at radius 1 is 1.19 bits per heavy atom. The SMILES string of the molecule is Cc1ccc(-n2cc(S(=O)(=O)Nc3ccon3)cn2)cc1. The summed E-state index contributed by atoms with van der Waals surface area (Å²) in [5.74, 6) is 0.123. The van der Waals surface area contributed by atoms with E-state index in [1.54, 1.807) is 0 Å². The zero-order chi connectivity index (χ0) is 14.9. The second-order valence-corrected chi connectivity index (χ2v) is 6.13. The van der Waals surface area contributed by atoms with E-state index in [-0.39, 0.29) is 10.7 Å². The topological polar surface area (TPSA) is 90.0 Å². The zero-order valence-electron chi connectivity index (χ0n) is 11.1. The van der Waals surface area contributed by atoms with E-state index in [9.17, 15) is 8.42 Å². The van der Waals surface area contributed by atoms with Crippen LogP contribution in [0.2, 0.25) is 0 Å². The molecule has 2 heterocycles. The van der Waals surface area contributed by atoms with Crippen LogP contribution in [-0.4, -0.2) is 23.4 Å². The lowest BCUT2D eigenvalue weighted by atomic mass is 10.2. The van der Waals surface area contributed by atoms with Crippen molar-refractivity contribution in [3.8, 4) is 5.69 Å². The van der Waals surface area contributed by atoms with E-state index in [0.29, 0.717) is 0 Å². The molecule has 0 aliphatic rings. The molecule has 0 unspecified atom stereocenters. The largest absolute Gasteiger partial charge is 0.363 e. The van der Waals surface area contributed by atoms with Crippen LogP contribution in [0.1, 0.15) is 5.56 Å². The van der Waals surface area contributed by atoms with E-state index in [2.05, 4.69) is 19.5 Å². The molecule has 1 aromatic carbocycles. The highest BCUT2D eigenvalue weighted by atomic mass is 32.2. The Kier molecular flexibility index (Phi) is 3.22. The Balaban J connectivity index is 1.89. The quantitative estimate of drug-likeness (QED) is 0.796. The number of nitrogens with zero attached hydrogens (tertiary/aromatic N) is 3. The fourth-order valence-corrected chi connectivity index (χ4v) is 2.67. The molecule has 7 nitrogen and oxygen atoms in total.